The molecule has 0 atom stereocenters. The van der Waals surface area contributed by atoms with Crippen LogP contribution in [-0.4, -0.2) is 16.7 Å². The van der Waals surface area contributed by atoms with Crippen LogP contribution >= 0.6 is 23.2 Å². The second-order valence-electron chi connectivity index (χ2n) is 7.89. The lowest BCUT2D eigenvalue weighted by atomic mass is 9.97. The normalized spacial score (nSPS) is 13.8. The first kappa shape index (κ1) is 22.1. The largest absolute Gasteiger partial charge is 0.350 e. The number of hydrogen-bond donors (Lipinski definition) is 1. The summed E-state index contributed by atoms with van der Waals surface area (Å²) in [5.41, 5.74) is 5.48. The van der Waals surface area contributed by atoms with Gasteiger partial charge in [0, 0.05) is 15.7 Å². The van der Waals surface area contributed by atoms with Crippen molar-refractivity contribution in [3.05, 3.63) is 104 Å². The zero-order chi connectivity index (χ0) is 23.0. The summed E-state index contributed by atoms with van der Waals surface area (Å²) in [6.45, 7) is 5.88. The fourth-order valence-electron chi connectivity index (χ4n) is 3.85. The fourth-order valence-corrected chi connectivity index (χ4v) is 4.22. The SMILES string of the molecule is Cc1ccc(C2=C(Nc3cccc(Cl)c3C)C(=O)N(Cc3ccccc3Cl)C2=O)c(C)c1. The Bertz CT molecular complexity index is 1280. The lowest BCUT2D eigenvalue weighted by Gasteiger charge is -2.17. The zero-order valence-electron chi connectivity index (χ0n) is 18.0. The number of hydrogen-bond acceptors (Lipinski definition) is 3. The molecule has 0 aliphatic carbocycles. The van der Waals surface area contributed by atoms with Gasteiger partial charge in [0.2, 0.25) is 0 Å². The van der Waals surface area contributed by atoms with Gasteiger partial charge in [-0.3, -0.25) is 14.5 Å². The second kappa shape index (κ2) is 8.81. The van der Waals surface area contributed by atoms with Crippen LogP contribution < -0.4 is 5.32 Å². The smallest absolute Gasteiger partial charge is 0.278 e. The minimum Gasteiger partial charge on any atom is -0.350 e. The number of carbonyl (C=O) groups is 2. The first-order chi connectivity index (χ1) is 15.3. The monoisotopic (exact) mass is 464 g/mol. The lowest BCUT2D eigenvalue weighted by Crippen LogP contribution is -2.32. The van der Waals surface area contributed by atoms with Crippen LogP contribution in [0.3, 0.4) is 0 Å². The highest BCUT2D eigenvalue weighted by Crippen LogP contribution is 2.35. The number of benzene rings is 3. The lowest BCUT2D eigenvalue weighted by molar-refractivity contribution is -0.137. The van der Waals surface area contributed by atoms with Crippen molar-refractivity contribution in [3.8, 4) is 0 Å². The predicted molar refractivity (Wildman–Crippen MR) is 130 cm³/mol. The third-order valence-corrected chi connectivity index (χ3v) is 6.41. The summed E-state index contributed by atoms with van der Waals surface area (Å²) in [5.74, 6) is -0.756. The Morgan fingerprint density at radius 3 is 2.28 bits per heavy atom. The molecule has 0 spiro atoms. The molecule has 0 saturated heterocycles. The Labute approximate surface area is 197 Å². The molecule has 162 valence electrons. The average Bonchev–Trinajstić information content (AvgIpc) is 2.97. The van der Waals surface area contributed by atoms with Crippen molar-refractivity contribution in [3.63, 3.8) is 0 Å². The molecule has 3 aromatic rings. The number of halogens is 2. The first-order valence-electron chi connectivity index (χ1n) is 10.2. The Balaban J connectivity index is 1.82. The van der Waals surface area contributed by atoms with E-state index in [9.17, 15) is 9.59 Å². The number of nitrogens with one attached hydrogen (secondary N) is 1. The Morgan fingerprint density at radius 1 is 0.844 bits per heavy atom. The van der Waals surface area contributed by atoms with Gasteiger partial charge in [0.25, 0.3) is 11.8 Å². The van der Waals surface area contributed by atoms with Crippen molar-refractivity contribution in [2.45, 2.75) is 27.3 Å². The molecule has 0 saturated carbocycles. The molecule has 2 amide bonds. The molecule has 0 radical (unpaired) electrons. The van der Waals surface area contributed by atoms with Gasteiger partial charge in [0.05, 0.1) is 12.1 Å². The van der Waals surface area contributed by atoms with Crippen LogP contribution in [0, 0.1) is 20.8 Å². The maximum Gasteiger partial charge on any atom is 0.278 e. The van der Waals surface area contributed by atoms with Gasteiger partial charge in [-0.25, -0.2) is 0 Å². The molecule has 6 heteroatoms. The molecule has 0 bridgehead atoms. The number of carbonyl (C=O) groups excluding carboxylic acids is 2. The molecule has 1 heterocycles. The molecule has 0 aromatic heterocycles. The van der Waals surface area contributed by atoms with Crippen molar-refractivity contribution < 1.29 is 9.59 Å². The Morgan fingerprint density at radius 2 is 1.56 bits per heavy atom. The number of amides is 2. The molecule has 1 aliphatic heterocycles. The van der Waals surface area contributed by atoms with E-state index in [2.05, 4.69) is 5.32 Å². The Kier molecular flexibility index (Phi) is 6.09. The summed E-state index contributed by atoms with van der Waals surface area (Å²) in [7, 11) is 0. The molecule has 4 rings (SSSR count). The van der Waals surface area contributed by atoms with E-state index < -0.39 is 5.91 Å². The van der Waals surface area contributed by atoms with Gasteiger partial charge in [0.1, 0.15) is 5.70 Å². The predicted octanol–water partition coefficient (Wildman–Crippen LogP) is 6.31. The molecular formula is C26H22Cl2N2O2. The molecular weight excluding hydrogens is 443 g/mol. The van der Waals surface area contributed by atoms with E-state index in [1.54, 1.807) is 18.2 Å². The van der Waals surface area contributed by atoms with E-state index >= 15 is 0 Å². The van der Waals surface area contributed by atoms with Crippen molar-refractivity contribution in [1.82, 2.24) is 4.90 Å². The van der Waals surface area contributed by atoms with Crippen LogP contribution in [0.5, 0.6) is 0 Å². The van der Waals surface area contributed by atoms with E-state index in [1.807, 2.05) is 63.2 Å². The van der Waals surface area contributed by atoms with Crippen molar-refractivity contribution in [2.75, 3.05) is 5.32 Å². The number of anilines is 1. The van der Waals surface area contributed by atoms with Crippen LogP contribution in [0.4, 0.5) is 5.69 Å². The second-order valence-corrected chi connectivity index (χ2v) is 8.71. The quantitative estimate of drug-likeness (QED) is 0.449. The van der Waals surface area contributed by atoms with E-state index in [4.69, 9.17) is 23.2 Å². The topological polar surface area (TPSA) is 49.4 Å². The maximum absolute atomic E-state index is 13.6. The van der Waals surface area contributed by atoms with Crippen LogP contribution in [0.1, 0.15) is 27.8 Å². The van der Waals surface area contributed by atoms with Gasteiger partial charge in [-0.15, -0.1) is 0 Å². The number of aryl methyl sites for hydroxylation is 2. The van der Waals surface area contributed by atoms with Crippen molar-refractivity contribution >= 4 is 46.3 Å². The minimum atomic E-state index is -0.399. The van der Waals surface area contributed by atoms with Crippen molar-refractivity contribution in [2.24, 2.45) is 0 Å². The molecule has 4 nitrogen and oxygen atoms in total. The van der Waals surface area contributed by atoms with Crippen LogP contribution in [0.2, 0.25) is 10.0 Å². The highest BCUT2D eigenvalue weighted by molar-refractivity contribution is 6.37. The summed E-state index contributed by atoms with van der Waals surface area (Å²) in [6.07, 6.45) is 0. The molecule has 1 N–H and O–H groups in total. The van der Waals surface area contributed by atoms with E-state index in [0.29, 0.717) is 26.9 Å². The summed E-state index contributed by atoms with van der Waals surface area (Å²) in [6, 6.07) is 18.4. The maximum atomic E-state index is 13.6. The standard InChI is InChI=1S/C26H22Cl2N2O2/c1-15-11-12-19(16(2)13-15)23-24(29-22-10-6-9-20(27)17(22)3)26(32)30(25(23)31)14-18-7-4-5-8-21(18)28/h4-13,29H,14H2,1-3H3. The Hall–Kier alpha value is -3.08. The van der Waals surface area contributed by atoms with Gasteiger partial charge >= 0.3 is 0 Å². The van der Waals surface area contributed by atoms with E-state index in [1.165, 1.54) is 4.90 Å². The third-order valence-electron chi connectivity index (χ3n) is 5.63. The van der Waals surface area contributed by atoms with Crippen molar-refractivity contribution in [1.29, 1.82) is 0 Å². The summed E-state index contributed by atoms with van der Waals surface area (Å²) < 4.78 is 0. The van der Waals surface area contributed by atoms with Gasteiger partial charge in [-0.05, 0) is 61.2 Å². The number of rotatable bonds is 5. The number of nitrogens with zero attached hydrogens (tertiary/aromatic N) is 1. The van der Waals surface area contributed by atoms with Gasteiger partial charge in [-0.1, -0.05) is 71.2 Å². The summed E-state index contributed by atoms with van der Waals surface area (Å²) in [5, 5.41) is 4.29. The fraction of sp³-hybridized carbons (Fsp3) is 0.154. The highest BCUT2D eigenvalue weighted by atomic mass is 35.5. The summed E-state index contributed by atoms with van der Waals surface area (Å²) >= 11 is 12.6. The molecule has 0 fully saturated rings. The molecule has 1 aliphatic rings. The van der Waals surface area contributed by atoms with E-state index in [0.717, 1.165) is 22.3 Å². The first-order valence-corrected chi connectivity index (χ1v) is 11.0. The van der Waals surface area contributed by atoms with Gasteiger partial charge in [0.15, 0.2) is 0 Å². The van der Waals surface area contributed by atoms with Crippen LogP contribution in [0.15, 0.2) is 66.4 Å². The zero-order valence-corrected chi connectivity index (χ0v) is 19.5. The number of imide groups is 1. The molecule has 32 heavy (non-hydrogen) atoms. The molecule has 3 aromatic carbocycles. The van der Waals surface area contributed by atoms with Gasteiger partial charge in [-0.2, -0.15) is 0 Å². The molecule has 0 unspecified atom stereocenters. The average molecular weight is 465 g/mol. The third kappa shape index (κ3) is 4.04. The highest BCUT2D eigenvalue weighted by Gasteiger charge is 2.40. The van der Waals surface area contributed by atoms with Crippen LogP contribution in [-0.2, 0) is 16.1 Å². The van der Waals surface area contributed by atoms with Gasteiger partial charge < -0.3 is 5.32 Å². The van der Waals surface area contributed by atoms with E-state index in [-0.39, 0.29) is 18.1 Å². The van der Waals surface area contributed by atoms with Crippen LogP contribution in [0.25, 0.3) is 5.57 Å². The minimum absolute atomic E-state index is 0.0887. The summed E-state index contributed by atoms with van der Waals surface area (Å²) in [4.78, 5) is 28.3.